The molecule has 0 aliphatic carbocycles. The van der Waals surface area contributed by atoms with Crippen LogP contribution in [0.1, 0.15) is 15.2 Å². The van der Waals surface area contributed by atoms with Gasteiger partial charge in [-0.15, -0.1) is 11.3 Å². The Bertz CT molecular complexity index is 770. The summed E-state index contributed by atoms with van der Waals surface area (Å²) in [6.45, 7) is 0.133. The number of halogens is 1. The van der Waals surface area contributed by atoms with E-state index in [0.717, 1.165) is 9.18 Å². The third kappa shape index (κ3) is 3.44. The molecule has 1 N–H and O–H groups in total. The molecule has 5 nitrogen and oxygen atoms in total. The van der Waals surface area contributed by atoms with E-state index in [9.17, 15) is 13.2 Å². The summed E-state index contributed by atoms with van der Waals surface area (Å²) in [5, 5.41) is 9.11. The third-order valence-electron chi connectivity index (χ3n) is 2.81. The van der Waals surface area contributed by atoms with E-state index in [4.69, 9.17) is 16.7 Å². The highest BCUT2D eigenvalue weighted by Gasteiger charge is 2.26. The van der Waals surface area contributed by atoms with E-state index < -0.39 is 16.0 Å². The second-order valence-corrected chi connectivity index (χ2v) is 8.08. The summed E-state index contributed by atoms with van der Waals surface area (Å²) < 4.78 is 26.7. The molecule has 112 valence electrons. The van der Waals surface area contributed by atoms with Gasteiger partial charge in [0.2, 0.25) is 10.0 Å². The Hall–Kier alpha value is -1.41. The molecule has 21 heavy (non-hydrogen) atoms. The van der Waals surface area contributed by atoms with Crippen LogP contribution in [0.25, 0.3) is 0 Å². The van der Waals surface area contributed by atoms with Crippen molar-refractivity contribution < 1.29 is 18.3 Å². The van der Waals surface area contributed by atoms with E-state index in [2.05, 4.69) is 0 Å². The predicted molar refractivity (Wildman–Crippen MR) is 81.4 cm³/mol. The van der Waals surface area contributed by atoms with Crippen LogP contribution in [-0.4, -0.2) is 30.8 Å². The van der Waals surface area contributed by atoms with Crippen LogP contribution in [0.3, 0.4) is 0 Å². The number of carboxylic acids is 1. The quantitative estimate of drug-likeness (QED) is 0.904. The summed E-state index contributed by atoms with van der Waals surface area (Å²) in [6.07, 6.45) is 0. The minimum atomic E-state index is -3.89. The van der Waals surface area contributed by atoms with Crippen molar-refractivity contribution in [2.75, 3.05) is 7.05 Å². The van der Waals surface area contributed by atoms with Crippen LogP contribution in [0.5, 0.6) is 0 Å². The Balaban J connectivity index is 2.35. The first kappa shape index (κ1) is 16.0. The van der Waals surface area contributed by atoms with E-state index in [1.54, 1.807) is 12.1 Å². The van der Waals surface area contributed by atoms with Crippen LogP contribution in [-0.2, 0) is 16.6 Å². The molecule has 0 aliphatic heterocycles. The maximum Gasteiger partial charge on any atom is 0.337 e. The minimum Gasteiger partial charge on any atom is -0.478 e. The molecule has 0 aliphatic rings. The van der Waals surface area contributed by atoms with Gasteiger partial charge in [0.05, 0.1) is 14.8 Å². The van der Waals surface area contributed by atoms with Gasteiger partial charge in [0.25, 0.3) is 0 Å². The standard InChI is InChI=1S/C13H12ClNO4S2/c1-15(8-9-6-7-12(14)20-9)21(18,19)11-5-3-2-4-10(11)13(16)17/h2-7H,8H2,1H3,(H,16,17). The number of sulfonamides is 1. The topological polar surface area (TPSA) is 74.7 Å². The van der Waals surface area contributed by atoms with Crippen molar-refractivity contribution in [3.63, 3.8) is 0 Å². The second kappa shape index (κ2) is 6.15. The van der Waals surface area contributed by atoms with Crippen LogP contribution in [0.15, 0.2) is 41.3 Å². The SMILES string of the molecule is CN(Cc1ccc(Cl)s1)S(=O)(=O)c1ccccc1C(=O)O. The lowest BCUT2D eigenvalue weighted by Gasteiger charge is -2.17. The summed E-state index contributed by atoms with van der Waals surface area (Å²) in [6, 6.07) is 8.97. The van der Waals surface area contributed by atoms with Crippen LogP contribution in [0.4, 0.5) is 0 Å². The van der Waals surface area contributed by atoms with Gasteiger partial charge in [-0.1, -0.05) is 23.7 Å². The number of hydrogen-bond donors (Lipinski definition) is 1. The monoisotopic (exact) mass is 345 g/mol. The highest BCUT2D eigenvalue weighted by atomic mass is 35.5. The number of thiophene rings is 1. The van der Waals surface area contributed by atoms with E-state index >= 15 is 0 Å². The molecule has 1 aromatic carbocycles. The molecule has 8 heteroatoms. The number of hydrogen-bond acceptors (Lipinski definition) is 4. The number of carbonyl (C=O) groups is 1. The molecule has 2 rings (SSSR count). The summed E-state index contributed by atoms with van der Waals surface area (Å²) in [5.41, 5.74) is -0.242. The molecular formula is C13H12ClNO4S2. The second-order valence-electron chi connectivity index (χ2n) is 4.27. The minimum absolute atomic E-state index is 0.133. The molecule has 0 atom stereocenters. The van der Waals surface area contributed by atoms with Crippen LogP contribution < -0.4 is 0 Å². The van der Waals surface area contributed by atoms with E-state index in [1.807, 2.05) is 0 Å². The molecule has 1 heterocycles. The number of benzene rings is 1. The van der Waals surface area contributed by atoms with E-state index in [-0.39, 0.29) is 17.0 Å². The lowest BCUT2D eigenvalue weighted by Crippen LogP contribution is -2.27. The van der Waals surface area contributed by atoms with Crippen molar-refractivity contribution in [2.24, 2.45) is 0 Å². The van der Waals surface area contributed by atoms with Crippen LogP contribution in [0, 0.1) is 0 Å². The molecule has 2 aromatic rings. The molecule has 0 radical (unpaired) electrons. The lowest BCUT2D eigenvalue weighted by molar-refractivity contribution is 0.0692. The van der Waals surface area contributed by atoms with E-state index in [1.165, 1.54) is 42.6 Å². The van der Waals surface area contributed by atoms with Crippen LogP contribution >= 0.6 is 22.9 Å². The molecule has 0 bridgehead atoms. The van der Waals surface area contributed by atoms with Gasteiger partial charge >= 0.3 is 5.97 Å². The van der Waals surface area contributed by atoms with Gasteiger partial charge in [0.1, 0.15) is 0 Å². The maximum atomic E-state index is 12.5. The average Bonchev–Trinajstić information content (AvgIpc) is 2.84. The van der Waals surface area contributed by atoms with Gasteiger partial charge in [-0.3, -0.25) is 0 Å². The van der Waals surface area contributed by atoms with Gasteiger partial charge in [-0.2, -0.15) is 4.31 Å². The summed E-state index contributed by atoms with van der Waals surface area (Å²) in [4.78, 5) is 11.7. The van der Waals surface area contributed by atoms with Crippen molar-refractivity contribution in [2.45, 2.75) is 11.4 Å². The number of nitrogens with zero attached hydrogens (tertiary/aromatic N) is 1. The molecule has 0 amide bonds. The zero-order chi connectivity index (χ0) is 15.6. The van der Waals surface area contributed by atoms with Gasteiger partial charge in [-0.25, -0.2) is 13.2 Å². The third-order valence-corrected chi connectivity index (χ3v) is 5.89. The zero-order valence-electron chi connectivity index (χ0n) is 11.0. The highest BCUT2D eigenvalue weighted by molar-refractivity contribution is 7.89. The first-order valence-electron chi connectivity index (χ1n) is 5.85. The van der Waals surface area contributed by atoms with Crippen molar-refractivity contribution in [1.29, 1.82) is 0 Å². The zero-order valence-corrected chi connectivity index (χ0v) is 13.4. The van der Waals surface area contributed by atoms with Crippen molar-refractivity contribution in [3.05, 3.63) is 51.2 Å². The molecule has 0 saturated heterocycles. The molecular weight excluding hydrogens is 334 g/mol. The van der Waals surface area contributed by atoms with Gasteiger partial charge < -0.3 is 5.11 Å². The number of rotatable bonds is 5. The summed E-state index contributed by atoms with van der Waals surface area (Å²) >= 11 is 7.10. The molecule has 0 saturated carbocycles. The Morgan fingerprint density at radius 2 is 1.95 bits per heavy atom. The largest absolute Gasteiger partial charge is 0.478 e. The van der Waals surface area contributed by atoms with Crippen molar-refractivity contribution in [1.82, 2.24) is 4.31 Å². The smallest absolute Gasteiger partial charge is 0.337 e. The lowest BCUT2D eigenvalue weighted by atomic mass is 10.2. The molecule has 1 aromatic heterocycles. The number of carboxylic acid groups (broad SMARTS) is 1. The Morgan fingerprint density at radius 3 is 2.52 bits per heavy atom. The van der Waals surface area contributed by atoms with E-state index in [0.29, 0.717) is 4.34 Å². The highest BCUT2D eigenvalue weighted by Crippen LogP contribution is 2.25. The molecule has 0 spiro atoms. The predicted octanol–water partition coefficient (Wildman–Crippen LogP) is 2.92. The Kier molecular flexibility index (Phi) is 4.67. The number of aromatic carboxylic acids is 1. The summed E-state index contributed by atoms with van der Waals surface area (Å²) in [7, 11) is -2.48. The maximum absolute atomic E-state index is 12.5. The fourth-order valence-electron chi connectivity index (χ4n) is 1.78. The first-order chi connectivity index (χ1) is 9.82. The van der Waals surface area contributed by atoms with Crippen molar-refractivity contribution in [3.8, 4) is 0 Å². The fourth-order valence-corrected chi connectivity index (χ4v) is 4.33. The van der Waals surface area contributed by atoms with Gasteiger partial charge in [-0.05, 0) is 24.3 Å². The molecule has 0 unspecified atom stereocenters. The fraction of sp³-hybridized carbons (Fsp3) is 0.154. The first-order valence-corrected chi connectivity index (χ1v) is 8.48. The Labute approximate surface area is 131 Å². The van der Waals surface area contributed by atoms with Crippen LogP contribution in [0.2, 0.25) is 4.34 Å². The average molecular weight is 346 g/mol. The van der Waals surface area contributed by atoms with Crippen molar-refractivity contribution >= 4 is 38.9 Å². The Morgan fingerprint density at radius 1 is 1.29 bits per heavy atom. The normalized spacial score (nSPS) is 11.8. The molecule has 0 fully saturated rings. The summed E-state index contributed by atoms with van der Waals surface area (Å²) in [5.74, 6) is -1.28. The van der Waals surface area contributed by atoms with Gasteiger partial charge in [0, 0.05) is 18.5 Å². The van der Waals surface area contributed by atoms with Gasteiger partial charge in [0.15, 0.2) is 0 Å².